The predicted molar refractivity (Wildman–Crippen MR) is 80.0 cm³/mol. The molecule has 3 nitrogen and oxygen atoms in total. The molecular formula is C15H10BrF4NO2. The first-order chi connectivity index (χ1) is 10.8. The Morgan fingerprint density at radius 2 is 1.87 bits per heavy atom. The molecule has 0 heterocycles. The number of rotatable bonds is 4. The van der Waals surface area contributed by atoms with Gasteiger partial charge in [-0.1, -0.05) is 12.1 Å². The van der Waals surface area contributed by atoms with Crippen molar-refractivity contribution in [3.8, 4) is 5.75 Å². The average Bonchev–Trinajstić information content (AvgIpc) is 2.45. The lowest BCUT2D eigenvalue weighted by Gasteiger charge is -2.14. The fraction of sp³-hybridized carbons (Fsp3) is 0.133. The molecule has 0 aromatic heterocycles. The standard InChI is InChI=1S/C15H10BrF4NO2/c16-11-4-2-1-3-10(11)14(22)21-12-7-9(17)5-6-13(12)23-8-15(18,19)20/h1-7H,8H2,(H,21,22). The number of hydrogen-bond acceptors (Lipinski definition) is 2. The first-order valence-corrected chi connectivity index (χ1v) is 7.10. The van der Waals surface area contributed by atoms with Gasteiger partial charge >= 0.3 is 6.18 Å². The van der Waals surface area contributed by atoms with Gasteiger partial charge in [0.25, 0.3) is 5.91 Å². The van der Waals surface area contributed by atoms with Crippen molar-refractivity contribution >= 4 is 27.5 Å². The largest absolute Gasteiger partial charge is 0.482 e. The van der Waals surface area contributed by atoms with E-state index in [4.69, 9.17) is 0 Å². The molecule has 0 atom stereocenters. The highest BCUT2D eigenvalue weighted by atomic mass is 79.9. The molecule has 0 aliphatic rings. The number of halogens is 5. The van der Waals surface area contributed by atoms with Crippen LogP contribution in [0.3, 0.4) is 0 Å². The second-order valence-corrected chi connectivity index (χ2v) is 5.33. The second kappa shape index (κ2) is 6.99. The molecule has 0 radical (unpaired) electrons. The van der Waals surface area contributed by atoms with Gasteiger partial charge in [-0.15, -0.1) is 0 Å². The van der Waals surface area contributed by atoms with Crippen molar-refractivity contribution in [3.63, 3.8) is 0 Å². The summed E-state index contributed by atoms with van der Waals surface area (Å²) in [7, 11) is 0. The van der Waals surface area contributed by atoms with Crippen LogP contribution in [0.5, 0.6) is 5.75 Å². The van der Waals surface area contributed by atoms with E-state index in [0.717, 1.165) is 18.2 Å². The van der Waals surface area contributed by atoms with E-state index in [-0.39, 0.29) is 17.0 Å². The molecule has 0 spiro atoms. The van der Waals surface area contributed by atoms with Crippen molar-refractivity contribution in [2.75, 3.05) is 11.9 Å². The zero-order valence-corrected chi connectivity index (χ0v) is 13.0. The summed E-state index contributed by atoms with van der Waals surface area (Å²) in [5, 5.41) is 2.34. The lowest BCUT2D eigenvalue weighted by atomic mass is 10.2. The van der Waals surface area contributed by atoms with Gasteiger partial charge < -0.3 is 10.1 Å². The van der Waals surface area contributed by atoms with E-state index in [1.807, 2.05) is 0 Å². The molecule has 23 heavy (non-hydrogen) atoms. The van der Waals surface area contributed by atoms with Crippen LogP contribution in [0, 0.1) is 5.82 Å². The Kier molecular flexibility index (Phi) is 5.25. The maximum absolute atomic E-state index is 13.3. The summed E-state index contributed by atoms with van der Waals surface area (Å²) in [6.45, 7) is -1.55. The first-order valence-electron chi connectivity index (χ1n) is 6.31. The smallest absolute Gasteiger partial charge is 0.422 e. The molecule has 0 bridgehead atoms. The topological polar surface area (TPSA) is 38.3 Å². The Balaban J connectivity index is 2.23. The van der Waals surface area contributed by atoms with Crippen LogP contribution in [-0.2, 0) is 0 Å². The molecule has 0 fully saturated rings. The van der Waals surface area contributed by atoms with Crippen LogP contribution >= 0.6 is 15.9 Å². The summed E-state index contributed by atoms with van der Waals surface area (Å²) in [6, 6.07) is 9.31. The summed E-state index contributed by atoms with van der Waals surface area (Å²) >= 11 is 3.19. The van der Waals surface area contributed by atoms with E-state index in [2.05, 4.69) is 26.0 Å². The third-order valence-corrected chi connectivity index (χ3v) is 3.39. The van der Waals surface area contributed by atoms with Crippen molar-refractivity contribution < 1.29 is 27.1 Å². The predicted octanol–water partition coefficient (Wildman–Crippen LogP) is 4.78. The van der Waals surface area contributed by atoms with E-state index >= 15 is 0 Å². The average molecular weight is 392 g/mol. The summed E-state index contributed by atoms with van der Waals surface area (Å²) < 4.78 is 55.1. The molecule has 122 valence electrons. The Morgan fingerprint density at radius 3 is 2.52 bits per heavy atom. The van der Waals surface area contributed by atoms with Gasteiger partial charge in [-0.2, -0.15) is 13.2 Å². The van der Waals surface area contributed by atoms with Gasteiger partial charge in [-0.3, -0.25) is 4.79 Å². The second-order valence-electron chi connectivity index (χ2n) is 4.48. The van der Waals surface area contributed by atoms with E-state index in [1.165, 1.54) is 6.07 Å². The van der Waals surface area contributed by atoms with E-state index in [9.17, 15) is 22.4 Å². The third kappa shape index (κ3) is 4.95. The van der Waals surface area contributed by atoms with Crippen molar-refractivity contribution in [3.05, 3.63) is 58.3 Å². The molecule has 0 aliphatic heterocycles. The molecule has 0 aliphatic carbocycles. The highest BCUT2D eigenvalue weighted by Crippen LogP contribution is 2.28. The third-order valence-electron chi connectivity index (χ3n) is 2.70. The van der Waals surface area contributed by atoms with E-state index in [1.54, 1.807) is 18.2 Å². The number of amides is 1. The molecule has 1 amide bonds. The van der Waals surface area contributed by atoms with Crippen molar-refractivity contribution in [1.29, 1.82) is 0 Å². The van der Waals surface area contributed by atoms with Gasteiger partial charge in [0.05, 0.1) is 11.3 Å². The minimum absolute atomic E-state index is 0.185. The minimum Gasteiger partial charge on any atom is -0.482 e. The zero-order valence-electron chi connectivity index (χ0n) is 11.5. The normalized spacial score (nSPS) is 11.2. The Hall–Kier alpha value is -2.09. The van der Waals surface area contributed by atoms with Crippen molar-refractivity contribution in [2.24, 2.45) is 0 Å². The fourth-order valence-corrected chi connectivity index (χ4v) is 2.19. The summed E-state index contributed by atoms with van der Waals surface area (Å²) in [6.07, 6.45) is -4.54. The minimum atomic E-state index is -4.54. The molecule has 2 aromatic carbocycles. The Labute approximate surface area is 137 Å². The lowest BCUT2D eigenvalue weighted by Crippen LogP contribution is -2.20. The van der Waals surface area contributed by atoms with Gasteiger partial charge in [0.15, 0.2) is 6.61 Å². The number of ether oxygens (including phenoxy) is 1. The number of hydrogen-bond donors (Lipinski definition) is 1. The molecule has 8 heteroatoms. The summed E-state index contributed by atoms with van der Waals surface area (Å²) in [5.74, 6) is -1.60. The van der Waals surface area contributed by atoms with Crippen LogP contribution in [0.25, 0.3) is 0 Å². The zero-order chi connectivity index (χ0) is 17.0. The van der Waals surface area contributed by atoms with Crippen LogP contribution in [0.1, 0.15) is 10.4 Å². The van der Waals surface area contributed by atoms with Gasteiger partial charge in [0.2, 0.25) is 0 Å². The lowest BCUT2D eigenvalue weighted by molar-refractivity contribution is -0.153. The Morgan fingerprint density at radius 1 is 1.17 bits per heavy atom. The highest BCUT2D eigenvalue weighted by Gasteiger charge is 2.29. The monoisotopic (exact) mass is 391 g/mol. The summed E-state index contributed by atoms with van der Waals surface area (Å²) in [5.41, 5.74) is 0.0635. The molecule has 0 unspecified atom stereocenters. The number of carbonyl (C=O) groups is 1. The van der Waals surface area contributed by atoms with Crippen molar-refractivity contribution in [2.45, 2.75) is 6.18 Å². The quantitative estimate of drug-likeness (QED) is 0.761. The fourth-order valence-electron chi connectivity index (χ4n) is 1.72. The van der Waals surface area contributed by atoms with Crippen LogP contribution in [0.4, 0.5) is 23.2 Å². The van der Waals surface area contributed by atoms with Gasteiger partial charge in [0.1, 0.15) is 11.6 Å². The van der Waals surface area contributed by atoms with Gasteiger partial charge in [-0.25, -0.2) is 4.39 Å². The molecular weight excluding hydrogens is 382 g/mol. The first kappa shape index (κ1) is 17.3. The molecule has 1 N–H and O–H groups in total. The Bertz CT molecular complexity index is 719. The van der Waals surface area contributed by atoms with E-state index < -0.39 is 24.5 Å². The van der Waals surface area contributed by atoms with Crippen LogP contribution in [0.2, 0.25) is 0 Å². The molecule has 2 aromatic rings. The highest BCUT2D eigenvalue weighted by molar-refractivity contribution is 9.10. The number of benzene rings is 2. The molecule has 0 saturated carbocycles. The number of alkyl halides is 3. The SMILES string of the molecule is O=C(Nc1cc(F)ccc1OCC(F)(F)F)c1ccccc1Br. The van der Waals surface area contributed by atoms with Crippen LogP contribution < -0.4 is 10.1 Å². The maximum Gasteiger partial charge on any atom is 0.422 e. The van der Waals surface area contributed by atoms with Gasteiger partial charge in [0, 0.05) is 10.5 Å². The van der Waals surface area contributed by atoms with Gasteiger partial charge in [-0.05, 0) is 40.2 Å². The van der Waals surface area contributed by atoms with Crippen molar-refractivity contribution in [1.82, 2.24) is 0 Å². The number of nitrogens with one attached hydrogen (secondary N) is 1. The maximum atomic E-state index is 13.3. The number of anilines is 1. The number of carbonyl (C=O) groups excluding carboxylic acids is 1. The molecule has 0 saturated heterocycles. The molecule has 2 rings (SSSR count). The van der Waals surface area contributed by atoms with Crippen LogP contribution in [0.15, 0.2) is 46.9 Å². The summed E-state index contributed by atoms with van der Waals surface area (Å²) in [4.78, 5) is 12.2. The van der Waals surface area contributed by atoms with Crippen LogP contribution in [-0.4, -0.2) is 18.7 Å². The van der Waals surface area contributed by atoms with E-state index in [0.29, 0.717) is 4.47 Å².